The van der Waals surface area contributed by atoms with Crippen LogP contribution in [0.4, 0.5) is 17.2 Å². The number of benzene rings is 1. The van der Waals surface area contributed by atoms with Gasteiger partial charge in [-0.15, -0.1) is 0 Å². The number of nitrogens with zero attached hydrogens (tertiary/aromatic N) is 1. The average molecular weight is 311 g/mol. The number of para-hydroxylation sites is 1. The van der Waals surface area contributed by atoms with Gasteiger partial charge in [0, 0.05) is 12.1 Å². The summed E-state index contributed by atoms with van der Waals surface area (Å²) in [6.45, 7) is 6.30. The lowest BCUT2D eigenvalue weighted by atomic mass is 10.1. The van der Waals surface area contributed by atoms with Gasteiger partial charge in [-0.1, -0.05) is 38.5 Å². The fraction of sp³-hybridized carbons (Fsp3) is 0.368. The van der Waals surface area contributed by atoms with Crippen LogP contribution in [-0.2, 0) is 11.2 Å². The zero-order chi connectivity index (χ0) is 16.7. The van der Waals surface area contributed by atoms with Crippen molar-refractivity contribution in [2.24, 2.45) is 0 Å². The molecule has 0 radical (unpaired) electrons. The Morgan fingerprint density at radius 2 is 2.00 bits per heavy atom. The molecule has 1 amide bonds. The molecule has 2 rings (SSSR count). The molecule has 23 heavy (non-hydrogen) atoms. The summed E-state index contributed by atoms with van der Waals surface area (Å²) < 4.78 is 0. The van der Waals surface area contributed by atoms with Gasteiger partial charge in [-0.05, 0) is 43.0 Å². The summed E-state index contributed by atoms with van der Waals surface area (Å²) in [6, 6.07) is 10.0. The lowest BCUT2D eigenvalue weighted by Crippen LogP contribution is -2.11. The molecule has 0 aliphatic heterocycles. The third-order valence-corrected chi connectivity index (χ3v) is 3.80. The SMILES string of the molecule is CCCCC(=O)Nc1ccc(Nc2c(C)cccc2CC)nc1. The van der Waals surface area contributed by atoms with Gasteiger partial charge < -0.3 is 10.6 Å². The number of rotatable bonds is 7. The molecule has 0 aliphatic carbocycles. The first-order valence-electron chi connectivity index (χ1n) is 8.25. The number of nitrogens with one attached hydrogen (secondary N) is 2. The number of amides is 1. The van der Waals surface area contributed by atoms with Crippen molar-refractivity contribution in [1.29, 1.82) is 0 Å². The zero-order valence-corrected chi connectivity index (χ0v) is 14.1. The molecule has 1 aromatic heterocycles. The summed E-state index contributed by atoms with van der Waals surface area (Å²) in [6.07, 6.45) is 5.14. The van der Waals surface area contributed by atoms with Gasteiger partial charge in [0.25, 0.3) is 0 Å². The maximum absolute atomic E-state index is 11.7. The lowest BCUT2D eigenvalue weighted by molar-refractivity contribution is -0.116. The van der Waals surface area contributed by atoms with E-state index in [4.69, 9.17) is 0 Å². The number of anilines is 3. The molecule has 1 aromatic carbocycles. The van der Waals surface area contributed by atoms with Crippen molar-refractivity contribution in [2.75, 3.05) is 10.6 Å². The number of carbonyl (C=O) groups excluding carboxylic acids is 1. The minimum Gasteiger partial charge on any atom is -0.340 e. The van der Waals surface area contributed by atoms with Crippen LogP contribution in [0.1, 0.15) is 44.2 Å². The smallest absolute Gasteiger partial charge is 0.224 e. The van der Waals surface area contributed by atoms with Crippen LogP contribution in [0.2, 0.25) is 0 Å². The van der Waals surface area contributed by atoms with Gasteiger partial charge in [0.15, 0.2) is 0 Å². The van der Waals surface area contributed by atoms with E-state index in [1.165, 1.54) is 11.1 Å². The molecule has 0 aliphatic rings. The number of hydrogen-bond donors (Lipinski definition) is 2. The molecule has 1 heterocycles. The molecule has 0 saturated carbocycles. The average Bonchev–Trinajstić information content (AvgIpc) is 2.56. The molecule has 0 bridgehead atoms. The molecule has 0 fully saturated rings. The minimum absolute atomic E-state index is 0.0431. The summed E-state index contributed by atoms with van der Waals surface area (Å²) in [5, 5.41) is 6.26. The maximum atomic E-state index is 11.7. The van der Waals surface area contributed by atoms with Gasteiger partial charge in [-0.2, -0.15) is 0 Å². The van der Waals surface area contributed by atoms with Gasteiger partial charge in [0.2, 0.25) is 5.91 Å². The summed E-state index contributed by atoms with van der Waals surface area (Å²) in [5.41, 5.74) is 4.31. The van der Waals surface area contributed by atoms with E-state index in [1.807, 2.05) is 12.1 Å². The first-order chi connectivity index (χ1) is 11.1. The number of aromatic nitrogens is 1. The van der Waals surface area contributed by atoms with Gasteiger partial charge >= 0.3 is 0 Å². The van der Waals surface area contributed by atoms with Crippen molar-refractivity contribution in [1.82, 2.24) is 4.98 Å². The van der Waals surface area contributed by atoms with Crippen LogP contribution in [-0.4, -0.2) is 10.9 Å². The second kappa shape index (κ2) is 8.32. The van der Waals surface area contributed by atoms with E-state index in [0.717, 1.165) is 36.5 Å². The number of hydrogen-bond acceptors (Lipinski definition) is 3. The van der Waals surface area contributed by atoms with E-state index >= 15 is 0 Å². The first-order valence-corrected chi connectivity index (χ1v) is 8.25. The Morgan fingerprint density at radius 3 is 2.65 bits per heavy atom. The molecular weight excluding hydrogens is 286 g/mol. The van der Waals surface area contributed by atoms with Gasteiger partial charge in [0.05, 0.1) is 11.9 Å². The fourth-order valence-corrected chi connectivity index (χ4v) is 2.43. The Labute approximate surface area is 138 Å². The molecule has 4 heteroatoms. The largest absolute Gasteiger partial charge is 0.340 e. The van der Waals surface area contributed by atoms with E-state index in [2.05, 4.69) is 54.6 Å². The van der Waals surface area contributed by atoms with Crippen molar-refractivity contribution >= 4 is 23.1 Å². The summed E-state index contributed by atoms with van der Waals surface area (Å²) in [4.78, 5) is 16.1. The van der Waals surface area contributed by atoms with Gasteiger partial charge in [-0.25, -0.2) is 4.98 Å². The summed E-state index contributed by atoms with van der Waals surface area (Å²) >= 11 is 0. The maximum Gasteiger partial charge on any atom is 0.224 e. The second-order valence-corrected chi connectivity index (χ2v) is 5.67. The van der Waals surface area contributed by atoms with E-state index < -0.39 is 0 Å². The van der Waals surface area contributed by atoms with Crippen LogP contribution in [0.25, 0.3) is 0 Å². The van der Waals surface area contributed by atoms with E-state index in [-0.39, 0.29) is 5.91 Å². The molecule has 0 saturated heterocycles. The van der Waals surface area contributed by atoms with E-state index in [9.17, 15) is 4.79 Å². The van der Waals surface area contributed by atoms with Crippen molar-refractivity contribution in [2.45, 2.75) is 46.5 Å². The third kappa shape index (κ3) is 4.81. The topological polar surface area (TPSA) is 54.0 Å². The molecule has 2 aromatic rings. The van der Waals surface area contributed by atoms with Crippen LogP contribution in [0.3, 0.4) is 0 Å². The molecule has 0 atom stereocenters. The summed E-state index contributed by atoms with van der Waals surface area (Å²) in [5.74, 6) is 0.821. The van der Waals surface area contributed by atoms with Gasteiger partial charge in [0.1, 0.15) is 5.82 Å². The van der Waals surface area contributed by atoms with Crippen molar-refractivity contribution in [3.63, 3.8) is 0 Å². The third-order valence-electron chi connectivity index (χ3n) is 3.80. The van der Waals surface area contributed by atoms with Crippen molar-refractivity contribution in [3.8, 4) is 0 Å². The number of carbonyl (C=O) groups is 1. The lowest BCUT2D eigenvalue weighted by Gasteiger charge is -2.13. The van der Waals surface area contributed by atoms with Crippen LogP contribution in [0.15, 0.2) is 36.5 Å². The Balaban J connectivity index is 2.05. The molecular formula is C19H25N3O. The number of unbranched alkanes of at least 4 members (excludes halogenated alkanes) is 1. The van der Waals surface area contributed by atoms with Gasteiger partial charge in [-0.3, -0.25) is 4.79 Å². The Morgan fingerprint density at radius 1 is 1.17 bits per heavy atom. The molecule has 0 spiro atoms. The molecule has 0 unspecified atom stereocenters. The van der Waals surface area contributed by atoms with Crippen LogP contribution in [0.5, 0.6) is 0 Å². The highest BCUT2D eigenvalue weighted by Gasteiger charge is 2.06. The Bertz CT molecular complexity index is 650. The van der Waals surface area contributed by atoms with Crippen LogP contribution >= 0.6 is 0 Å². The number of aryl methyl sites for hydroxylation is 2. The minimum atomic E-state index is 0.0431. The highest BCUT2D eigenvalue weighted by atomic mass is 16.1. The molecule has 122 valence electrons. The second-order valence-electron chi connectivity index (χ2n) is 5.67. The van der Waals surface area contributed by atoms with E-state index in [0.29, 0.717) is 6.42 Å². The Hall–Kier alpha value is -2.36. The fourth-order valence-electron chi connectivity index (χ4n) is 2.43. The van der Waals surface area contributed by atoms with Crippen LogP contribution < -0.4 is 10.6 Å². The normalized spacial score (nSPS) is 10.4. The van der Waals surface area contributed by atoms with Crippen molar-refractivity contribution < 1.29 is 4.79 Å². The Kier molecular flexibility index (Phi) is 6.15. The standard InChI is InChI=1S/C19H25N3O/c1-4-6-10-18(23)21-16-11-12-17(20-13-16)22-19-14(3)8-7-9-15(19)5-2/h7-9,11-13H,4-6,10H2,1-3H3,(H,20,22)(H,21,23). The highest BCUT2D eigenvalue weighted by molar-refractivity contribution is 5.90. The molecule has 4 nitrogen and oxygen atoms in total. The van der Waals surface area contributed by atoms with Crippen LogP contribution in [0, 0.1) is 6.92 Å². The molecule has 2 N–H and O–H groups in total. The highest BCUT2D eigenvalue weighted by Crippen LogP contribution is 2.24. The van der Waals surface area contributed by atoms with Crippen molar-refractivity contribution in [3.05, 3.63) is 47.7 Å². The predicted molar refractivity (Wildman–Crippen MR) is 96.2 cm³/mol. The zero-order valence-electron chi connectivity index (χ0n) is 14.1. The first kappa shape index (κ1) is 17.0. The number of pyridine rings is 1. The predicted octanol–water partition coefficient (Wildman–Crippen LogP) is 4.82. The monoisotopic (exact) mass is 311 g/mol. The quantitative estimate of drug-likeness (QED) is 0.770. The summed E-state index contributed by atoms with van der Waals surface area (Å²) in [7, 11) is 0. The van der Waals surface area contributed by atoms with E-state index in [1.54, 1.807) is 6.20 Å².